The molecule has 0 N–H and O–H groups in total. The van der Waals surface area contributed by atoms with E-state index in [-0.39, 0.29) is 0 Å². The van der Waals surface area contributed by atoms with Gasteiger partial charge in [0.05, 0.1) is 0 Å². The second-order valence-corrected chi connectivity index (χ2v) is 2.51. The summed E-state index contributed by atoms with van der Waals surface area (Å²) in [5, 5.41) is 0. The van der Waals surface area contributed by atoms with E-state index in [9.17, 15) is 8.78 Å². The van der Waals surface area contributed by atoms with Crippen LogP contribution in [0.15, 0.2) is 18.2 Å². The number of rotatable bonds is 3. The molecule has 0 amide bonds. The minimum atomic E-state index is -0.731. The van der Waals surface area contributed by atoms with Crippen molar-refractivity contribution in [2.75, 3.05) is 14.2 Å². The molecule has 0 bridgehead atoms. The molecular formula is C8H9BF2O2. The van der Waals surface area contributed by atoms with E-state index < -0.39 is 18.8 Å². The van der Waals surface area contributed by atoms with Crippen LogP contribution in [0.3, 0.4) is 0 Å². The van der Waals surface area contributed by atoms with Gasteiger partial charge in [0.2, 0.25) is 0 Å². The fourth-order valence-corrected chi connectivity index (χ4v) is 1.08. The first-order valence-corrected chi connectivity index (χ1v) is 3.69. The Labute approximate surface area is 75.6 Å². The molecule has 0 spiro atoms. The van der Waals surface area contributed by atoms with Crippen LogP contribution in [-0.2, 0) is 9.31 Å². The van der Waals surface area contributed by atoms with Crippen LogP contribution in [0.5, 0.6) is 0 Å². The van der Waals surface area contributed by atoms with Crippen LogP contribution in [-0.4, -0.2) is 21.3 Å². The van der Waals surface area contributed by atoms with Gasteiger partial charge in [-0.05, 0) is 17.6 Å². The van der Waals surface area contributed by atoms with E-state index in [2.05, 4.69) is 0 Å². The van der Waals surface area contributed by atoms with E-state index in [1.54, 1.807) is 0 Å². The molecule has 0 aliphatic carbocycles. The molecule has 70 valence electrons. The quantitative estimate of drug-likeness (QED) is 0.654. The molecule has 0 saturated heterocycles. The van der Waals surface area contributed by atoms with Crippen LogP contribution in [0, 0.1) is 11.6 Å². The SMILES string of the molecule is COB(OC)c1cc(F)cc(F)c1. The Hall–Kier alpha value is -0.935. The molecule has 1 rings (SSSR count). The van der Waals surface area contributed by atoms with Gasteiger partial charge in [-0.3, -0.25) is 0 Å². The van der Waals surface area contributed by atoms with Crippen LogP contribution in [0.25, 0.3) is 0 Å². The van der Waals surface area contributed by atoms with E-state index in [0.717, 1.165) is 6.07 Å². The fourth-order valence-electron chi connectivity index (χ4n) is 1.08. The van der Waals surface area contributed by atoms with Crippen molar-refractivity contribution in [1.82, 2.24) is 0 Å². The van der Waals surface area contributed by atoms with Crippen molar-refractivity contribution in [3.8, 4) is 0 Å². The molecule has 1 aromatic carbocycles. The highest BCUT2D eigenvalue weighted by molar-refractivity contribution is 6.61. The van der Waals surface area contributed by atoms with E-state index in [1.165, 1.54) is 26.4 Å². The summed E-state index contributed by atoms with van der Waals surface area (Å²) in [6.45, 7) is 0. The molecular weight excluding hydrogens is 177 g/mol. The van der Waals surface area contributed by atoms with Gasteiger partial charge in [-0.2, -0.15) is 0 Å². The molecule has 0 heterocycles. The second-order valence-electron chi connectivity index (χ2n) is 2.51. The summed E-state index contributed by atoms with van der Waals surface area (Å²) in [5.74, 6) is -1.29. The first-order chi connectivity index (χ1) is 6.17. The molecule has 13 heavy (non-hydrogen) atoms. The van der Waals surface area contributed by atoms with Gasteiger partial charge in [0.25, 0.3) is 0 Å². The average Bonchev–Trinajstić information content (AvgIpc) is 2.04. The maximum absolute atomic E-state index is 12.7. The van der Waals surface area contributed by atoms with Crippen molar-refractivity contribution in [3.05, 3.63) is 29.8 Å². The number of hydrogen-bond donors (Lipinski definition) is 0. The Bertz CT molecular complexity index is 269. The molecule has 0 unspecified atom stereocenters. The highest BCUT2D eigenvalue weighted by Gasteiger charge is 2.19. The summed E-state index contributed by atoms with van der Waals surface area (Å²) < 4.78 is 35.1. The largest absolute Gasteiger partial charge is 0.493 e. The van der Waals surface area contributed by atoms with Crippen molar-refractivity contribution in [2.45, 2.75) is 0 Å². The molecule has 0 fully saturated rings. The van der Waals surface area contributed by atoms with Crippen LogP contribution in [0.2, 0.25) is 0 Å². The minimum Gasteiger partial charge on any atom is -0.410 e. The van der Waals surface area contributed by atoms with Crippen LogP contribution in [0.4, 0.5) is 8.78 Å². The summed E-state index contributed by atoms with van der Waals surface area (Å²) in [6, 6.07) is 3.13. The molecule has 0 aromatic heterocycles. The number of benzene rings is 1. The molecule has 0 aliphatic heterocycles. The molecule has 0 atom stereocenters. The number of halogens is 2. The van der Waals surface area contributed by atoms with E-state index in [4.69, 9.17) is 9.31 Å². The van der Waals surface area contributed by atoms with Crippen molar-refractivity contribution in [1.29, 1.82) is 0 Å². The average molecular weight is 186 g/mol. The Kier molecular flexibility index (Phi) is 3.39. The molecule has 5 heteroatoms. The zero-order valence-electron chi connectivity index (χ0n) is 7.38. The van der Waals surface area contributed by atoms with Crippen molar-refractivity contribution in [2.24, 2.45) is 0 Å². The maximum Gasteiger partial charge on any atom is 0.493 e. The Morgan fingerprint density at radius 2 is 1.46 bits per heavy atom. The van der Waals surface area contributed by atoms with E-state index in [1.807, 2.05) is 0 Å². The highest BCUT2D eigenvalue weighted by atomic mass is 19.1. The van der Waals surface area contributed by atoms with Gasteiger partial charge in [-0.1, -0.05) is 0 Å². The van der Waals surface area contributed by atoms with Gasteiger partial charge >= 0.3 is 7.12 Å². The molecule has 0 radical (unpaired) electrons. The normalized spacial score (nSPS) is 10.2. The predicted octanol–water partition coefficient (Wildman–Crippen LogP) is 0.953. The first-order valence-electron chi connectivity index (χ1n) is 3.69. The lowest BCUT2D eigenvalue weighted by molar-refractivity contribution is 0.291. The molecule has 2 nitrogen and oxygen atoms in total. The zero-order chi connectivity index (χ0) is 9.84. The van der Waals surface area contributed by atoms with Gasteiger partial charge in [-0.25, -0.2) is 8.78 Å². The molecule has 0 saturated carbocycles. The molecule has 0 aliphatic rings. The minimum absolute atomic E-state index is 0.322. The van der Waals surface area contributed by atoms with Crippen molar-refractivity contribution < 1.29 is 18.1 Å². The van der Waals surface area contributed by atoms with Crippen molar-refractivity contribution in [3.63, 3.8) is 0 Å². The fraction of sp³-hybridized carbons (Fsp3) is 0.250. The monoisotopic (exact) mass is 186 g/mol. The number of hydrogen-bond acceptors (Lipinski definition) is 2. The third kappa shape index (κ3) is 2.50. The Morgan fingerprint density at radius 1 is 1.00 bits per heavy atom. The molecule has 1 aromatic rings. The smallest absolute Gasteiger partial charge is 0.410 e. The summed E-state index contributed by atoms with van der Waals surface area (Å²) in [4.78, 5) is 0. The third-order valence-electron chi connectivity index (χ3n) is 1.59. The summed E-state index contributed by atoms with van der Waals surface area (Å²) in [5.41, 5.74) is 0.322. The van der Waals surface area contributed by atoms with Crippen LogP contribution >= 0.6 is 0 Å². The highest BCUT2D eigenvalue weighted by Crippen LogP contribution is 2.01. The Balaban J connectivity index is 2.99. The topological polar surface area (TPSA) is 18.5 Å². The summed E-state index contributed by atoms with van der Waals surface area (Å²) in [6.07, 6.45) is 0. The third-order valence-corrected chi connectivity index (χ3v) is 1.59. The van der Waals surface area contributed by atoms with Gasteiger partial charge < -0.3 is 9.31 Å². The van der Waals surface area contributed by atoms with Gasteiger partial charge in [0, 0.05) is 20.3 Å². The Morgan fingerprint density at radius 3 is 1.85 bits per heavy atom. The standard InChI is InChI=1S/C8H9BF2O2/c1-12-9(13-2)6-3-7(10)5-8(11)4-6/h3-5H,1-2H3. The van der Waals surface area contributed by atoms with Gasteiger partial charge in [0.15, 0.2) is 0 Å². The predicted molar refractivity (Wildman–Crippen MR) is 45.8 cm³/mol. The van der Waals surface area contributed by atoms with Crippen LogP contribution in [0.1, 0.15) is 0 Å². The van der Waals surface area contributed by atoms with E-state index in [0.29, 0.717) is 5.46 Å². The van der Waals surface area contributed by atoms with Gasteiger partial charge in [-0.15, -0.1) is 0 Å². The lowest BCUT2D eigenvalue weighted by atomic mass is 9.79. The lowest BCUT2D eigenvalue weighted by Gasteiger charge is -2.08. The lowest BCUT2D eigenvalue weighted by Crippen LogP contribution is -2.35. The van der Waals surface area contributed by atoms with Gasteiger partial charge in [0.1, 0.15) is 11.6 Å². The van der Waals surface area contributed by atoms with Crippen molar-refractivity contribution >= 4 is 12.6 Å². The summed E-state index contributed by atoms with van der Waals surface area (Å²) >= 11 is 0. The second kappa shape index (κ2) is 4.34. The zero-order valence-corrected chi connectivity index (χ0v) is 7.38. The first kappa shape index (κ1) is 10.1. The van der Waals surface area contributed by atoms with Crippen LogP contribution < -0.4 is 5.46 Å². The van der Waals surface area contributed by atoms with E-state index >= 15 is 0 Å². The maximum atomic E-state index is 12.7. The summed E-state index contributed by atoms with van der Waals surface area (Å²) in [7, 11) is 2.07.